The standard InChI is InChI=1S/C28H30N2O2/c1-3-4-11-21(2)30(19-17-22-12-9-10-18-29-22)28(31)32-20-27-25-15-7-5-13-23(25)24-14-6-8-16-26(24)27/h3,5-10,12-16,18,21,27H,1,4,11,17,19-20H2,2H3. The molecule has 0 fully saturated rings. The van der Waals surface area contributed by atoms with Gasteiger partial charge >= 0.3 is 6.09 Å². The second kappa shape index (κ2) is 10.3. The molecule has 1 aromatic heterocycles. The van der Waals surface area contributed by atoms with E-state index in [1.54, 1.807) is 6.20 Å². The summed E-state index contributed by atoms with van der Waals surface area (Å²) in [6.45, 7) is 6.80. The minimum atomic E-state index is -0.264. The molecule has 0 spiro atoms. The van der Waals surface area contributed by atoms with Gasteiger partial charge in [-0.15, -0.1) is 6.58 Å². The highest BCUT2D eigenvalue weighted by Crippen LogP contribution is 2.44. The van der Waals surface area contributed by atoms with Gasteiger partial charge in [0.15, 0.2) is 0 Å². The van der Waals surface area contributed by atoms with Crippen LogP contribution in [0.1, 0.15) is 42.5 Å². The van der Waals surface area contributed by atoms with Crippen LogP contribution < -0.4 is 0 Å². The van der Waals surface area contributed by atoms with E-state index in [1.165, 1.54) is 22.3 Å². The lowest BCUT2D eigenvalue weighted by Crippen LogP contribution is -2.41. The average Bonchev–Trinajstić information content (AvgIpc) is 3.16. The van der Waals surface area contributed by atoms with Crippen molar-refractivity contribution in [3.63, 3.8) is 0 Å². The van der Waals surface area contributed by atoms with Gasteiger partial charge in [-0.2, -0.15) is 0 Å². The predicted molar refractivity (Wildman–Crippen MR) is 129 cm³/mol. The predicted octanol–water partition coefficient (Wildman–Crippen LogP) is 6.23. The highest BCUT2D eigenvalue weighted by molar-refractivity contribution is 5.79. The number of benzene rings is 2. The molecule has 1 atom stereocenters. The second-order valence-electron chi connectivity index (χ2n) is 8.28. The van der Waals surface area contributed by atoms with Crippen molar-refractivity contribution in [1.29, 1.82) is 0 Å². The lowest BCUT2D eigenvalue weighted by Gasteiger charge is -2.29. The number of ether oxygens (including phenoxy) is 1. The first-order valence-electron chi connectivity index (χ1n) is 11.3. The average molecular weight is 427 g/mol. The van der Waals surface area contributed by atoms with Crippen LogP contribution in [-0.2, 0) is 11.2 Å². The molecule has 0 radical (unpaired) electrons. The van der Waals surface area contributed by atoms with Crippen LogP contribution in [0.5, 0.6) is 0 Å². The van der Waals surface area contributed by atoms with Crippen LogP contribution in [0.3, 0.4) is 0 Å². The van der Waals surface area contributed by atoms with Crippen LogP contribution >= 0.6 is 0 Å². The summed E-state index contributed by atoms with van der Waals surface area (Å²) in [5, 5.41) is 0. The van der Waals surface area contributed by atoms with Crippen LogP contribution in [0.25, 0.3) is 11.1 Å². The number of hydrogen-bond donors (Lipinski definition) is 0. The Balaban J connectivity index is 1.47. The van der Waals surface area contributed by atoms with Crippen LogP contribution in [-0.4, -0.2) is 35.2 Å². The molecule has 3 aromatic rings. The van der Waals surface area contributed by atoms with Crippen LogP contribution in [0.15, 0.2) is 85.6 Å². The van der Waals surface area contributed by atoms with E-state index in [0.717, 1.165) is 18.5 Å². The minimum Gasteiger partial charge on any atom is -0.448 e. The fourth-order valence-corrected chi connectivity index (χ4v) is 4.46. The Hall–Kier alpha value is -3.40. The Morgan fingerprint density at radius 2 is 1.72 bits per heavy atom. The molecule has 0 saturated heterocycles. The van der Waals surface area contributed by atoms with E-state index in [-0.39, 0.29) is 18.1 Å². The number of pyridine rings is 1. The molecule has 0 saturated carbocycles. The highest BCUT2D eigenvalue weighted by atomic mass is 16.6. The molecule has 1 aliphatic rings. The summed E-state index contributed by atoms with van der Waals surface area (Å²) in [4.78, 5) is 19.4. The molecular formula is C28H30N2O2. The fourth-order valence-electron chi connectivity index (χ4n) is 4.46. The van der Waals surface area contributed by atoms with Gasteiger partial charge in [-0.1, -0.05) is 60.7 Å². The number of fused-ring (bicyclic) bond motifs is 3. The maximum atomic E-state index is 13.2. The van der Waals surface area contributed by atoms with Crippen molar-refractivity contribution in [3.05, 3.63) is 102 Å². The number of carbonyl (C=O) groups is 1. The van der Waals surface area contributed by atoms with Crippen molar-refractivity contribution >= 4 is 6.09 Å². The van der Waals surface area contributed by atoms with Gasteiger partial charge in [0.2, 0.25) is 0 Å². The summed E-state index contributed by atoms with van der Waals surface area (Å²) in [7, 11) is 0. The number of hydrogen-bond acceptors (Lipinski definition) is 3. The molecule has 1 aliphatic carbocycles. The summed E-state index contributed by atoms with van der Waals surface area (Å²) >= 11 is 0. The Labute approximate surface area is 190 Å². The zero-order valence-corrected chi connectivity index (χ0v) is 18.6. The third-order valence-corrected chi connectivity index (χ3v) is 6.23. The molecule has 1 heterocycles. The van der Waals surface area contributed by atoms with Gasteiger partial charge in [-0.3, -0.25) is 4.98 Å². The molecule has 4 rings (SSSR count). The molecule has 0 N–H and O–H groups in total. The van der Waals surface area contributed by atoms with E-state index < -0.39 is 0 Å². The lowest BCUT2D eigenvalue weighted by atomic mass is 9.98. The van der Waals surface area contributed by atoms with Gasteiger partial charge in [0.1, 0.15) is 6.61 Å². The van der Waals surface area contributed by atoms with E-state index >= 15 is 0 Å². The molecule has 164 valence electrons. The zero-order chi connectivity index (χ0) is 22.3. The van der Waals surface area contributed by atoms with Gasteiger partial charge in [0.05, 0.1) is 0 Å². The largest absolute Gasteiger partial charge is 0.448 e. The molecule has 0 bridgehead atoms. The van der Waals surface area contributed by atoms with E-state index in [2.05, 4.69) is 67.0 Å². The summed E-state index contributed by atoms with van der Waals surface area (Å²) in [5.41, 5.74) is 5.88. The van der Waals surface area contributed by atoms with Gasteiger partial charge < -0.3 is 9.64 Å². The van der Waals surface area contributed by atoms with Gasteiger partial charge in [0.25, 0.3) is 0 Å². The monoisotopic (exact) mass is 426 g/mol. The highest BCUT2D eigenvalue weighted by Gasteiger charge is 2.30. The van der Waals surface area contributed by atoms with Crippen molar-refractivity contribution in [1.82, 2.24) is 9.88 Å². The van der Waals surface area contributed by atoms with Crippen LogP contribution in [0.2, 0.25) is 0 Å². The number of amides is 1. The minimum absolute atomic E-state index is 0.0624. The Kier molecular flexibility index (Phi) is 7.00. The van der Waals surface area contributed by atoms with Crippen molar-refractivity contribution in [2.24, 2.45) is 0 Å². The molecule has 0 aliphatic heterocycles. The van der Waals surface area contributed by atoms with Crippen LogP contribution in [0, 0.1) is 0 Å². The van der Waals surface area contributed by atoms with E-state index in [1.807, 2.05) is 29.2 Å². The van der Waals surface area contributed by atoms with Gasteiger partial charge in [-0.25, -0.2) is 4.79 Å². The molecule has 1 amide bonds. The van der Waals surface area contributed by atoms with E-state index in [9.17, 15) is 4.79 Å². The second-order valence-corrected chi connectivity index (χ2v) is 8.28. The maximum Gasteiger partial charge on any atom is 0.410 e. The van der Waals surface area contributed by atoms with E-state index in [0.29, 0.717) is 19.6 Å². The molecule has 4 heteroatoms. The topological polar surface area (TPSA) is 42.4 Å². The zero-order valence-electron chi connectivity index (χ0n) is 18.6. The molecule has 32 heavy (non-hydrogen) atoms. The van der Waals surface area contributed by atoms with Crippen molar-refractivity contribution in [3.8, 4) is 11.1 Å². The summed E-state index contributed by atoms with van der Waals surface area (Å²) < 4.78 is 5.93. The maximum absolute atomic E-state index is 13.2. The quantitative estimate of drug-likeness (QED) is 0.381. The number of nitrogens with zero attached hydrogens (tertiary/aromatic N) is 2. The summed E-state index contributed by atoms with van der Waals surface area (Å²) in [6.07, 6.45) is 5.83. The summed E-state index contributed by atoms with van der Waals surface area (Å²) in [5.74, 6) is 0.0625. The van der Waals surface area contributed by atoms with Crippen molar-refractivity contribution < 1.29 is 9.53 Å². The Bertz CT molecular complexity index is 1020. The number of carbonyl (C=O) groups excluding carboxylic acids is 1. The smallest absolute Gasteiger partial charge is 0.410 e. The molecule has 1 unspecified atom stereocenters. The molecule has 4 nitrogen and oxygen atoms in total. The number of rotatable bonds is 9. The fraction of sp³-hybridized carbons (Fsp3) is 0.286. The molecular weight excluding hydrogens is 396 g/mol. The first kappa shape index (κ1) is 21.8. The van der Waals surface area contributed by atoms with Gasteiger partial charge in [-0.05, 0) is 54.2 Å². The third-order valence-electron chi connectivity index (χ3n) is 6.23. The normalized spacial score (nSPS) is 13.2. The Morgan fingerprint density at radius 3 is 2.34 bits per heavy atom. The first-order valence-corrected chi connectivity index (χ1v) is 11.3. The number of allylic oxidation sites excluding steroid dienone is 1. The van der Waals surface area contributed by atoms with Crippen molar-refractivity contribution in [2.75, 3.05) is 13.2 Å². The number of aromatic nitrogens is 1. The van der Waals surface area contributed by atoms with E-state index in [4.69, 9.17) is 4.74 Å². The lowest BCUT2D eigenvalue weighted by molar-refractivity contribution is 0.0854. The third kappa shape index (κ3) is 4.75. The SMILES string of the molecule is C=CCCC(C)N(CCc1ccccn1)C(=O)OCC1c2ccccc2-c2ccccc21. The first-order chi connectivity index (χ1) is 15.7. The van der Waals surface area contributed by atoms with Crippen LogP contribution in [0.4, 0.5) is 4.79 Å². The summed E-state index contributed by atoms with van der Waals surface area (Å²) in [6, 6.07) is 22.7. The van der Waals surface area contributed by atoms with Gasteiger partial charge in [0, 0.05) is 36.8 Å². The molecule has 2 aromatic carbocycles. The van der Waals surface area contributed by atoms with Crippen molar-refractivity contribution in [2.45, 2.75) is 38.1 Å². The Morgan fingerprint density at radius 1 is 1.06 bits per heavy atom.